The predicted molar refractivity (Wildman–Crippen MR) is 123 cm³/mol. The van der Waals surface area contributed by atoms with Crippen LogP contribution in [0.25, 0.3) is 11.2 Å². The maximum absolute atomic E-state index is 13.0. The molecule has 3 aromatic rings. The molecule has 2 aromatic heterocycles. The molecule has 1 saturated heterocycles. The summed E-state index contributed by atoms with van der Waals surface area (Å²) in [6, 6.07) is 8.00. The lowest BCUT2D eigenvalue weighted by Crippen LogP contribution is -2.37. The second kappa shape index (κ2) is 7.89. The van der Waals surface area contributed by atoms with Crippen molar-refractivity contribution in [3.8, 4) is 0 Å². The second-order valence-electron chi connectivity index (χ2n) is 7.60. The van der Waals surface area contributed by atoms with Gasteiger partial charge in [0, 0.05) is 43.7 Å². The van der Waals surface area contributed by atoms with Gasteiger partial charge in [-0.2, -0.15) is 4.98 Å². The Balaban J connectivity index is 1.89. The second-order valence-corrected chi connectivity index (χ2v) is 8.76. The zero-order valence-corrected chi connectivity index (χ0v) is 19.2. The minimum atomic E-state index is -0.407. The quantitative estimate of drug-likeness (QED) is 0.512. The average molecular weight is 522 g/mol. The number of imidazole rings is 1. The molecule has 4 rings (SSSR count). The van der Waals surface area contributed by atoms with Crippen molar-refractivity contribution < 1.29 is 4.79 Å². The molecule has 0 radical (unpaired) electrons. The zero-order valence-electron chi connectivity index (χ0n) is 17.1. The lowest BCUT2D eigenvalue weighted by atomic mass is 10.2. The van der Waals surface area contributed by atoms with Gasteiger partial charge in [-0.3, -0.25) is 23.3 Å². The van der Waals surface area contributed by atoms with Crippen molar-refractivity contribution in [2.45, 2.75) is 25.9 Å². The number of hydrogen-bond donors (Lipinski definition) is 1. The smallest absolute Gasteiger partial charge is 0.332 e. The van der Waals surface area contributed by atoms with E-state index < -0.39 is 5.69 Å². The van der Waals surface area contributed by atoms with Crippen molar-refractivity contribution in [1.29, 1.82) is 0 Å². The van der Waals surface area contributed by atoms with E-state index in [-0.39, 0.29) is 17.5 Å². The van der Waals surface area contributed by atoms with Crippen LogP contribution in [0, 0.1) is 3.57 Å². The van der Waals surface area contributed by atoms with Crippen LogP contribution in [0.4, 0.5) is 5.95 Å². The first kappa shape index (κ1) is 20.6. The van der Waals surface area contributed by atoms with E-state index in [9.17, 15) is 14.4 Å². The lowest BCUT2D eigenvalue weighted by Gasteiger charge is -2.20. The van der Waals surface area contributed by atoms with E-state index in [4.69, 9.17) is 4.98 Å². The summed E-state index contributed by atoms with van der Waals surface area (Å²) in [6.07, 6.45) is 0.794. The normalized spacial score (nSPS) is 16.4. The first-order valence-corrected chi connectivity index (χ1v) is 10.8. The average Bonchev–Trinajstić information content (AvgIpc) is 3.30. The summed E-state index contributed by atoms with van der Waals surface area (Å²) >= 11 is 2.28. The van der Waals surface area contributed by atoms with E-state index in [2.05, 4.69) is 32.8 Å². The van der Waals surface area contributed by atoms with E-state index in [0.29, 0.717) is 36.7 Å². The molecule has 3 heterocycles. The Labute approximate surface area is 186 Å². The minimum Gasteiger partial charge on any atom is -0.352 e. The first-order chi connectivity index (χ1) is 14.3. The molecule has 0 saturated carbocycles. The van der Waals surface area contributed by atoms with E-state index >= 15 is 0 Å². The number of aryl methyl sites for hydroxylation is 1. The summed E-state index contributed by atoms with van der Waals surface area (Å²) in [5.41, 5.74) is 1.06. The van der Waals surface area contributed by atoms with Crippen LogP contribution in [0.3, 0.4) is 0 Å². The van der Waals surface area contributed by atoms with Gasteiger partial charge in [-0.1, -0.05) is 18.2 Å². The number of carbonyl (C=O) groups is 1. The van der Waals surface area contributed by atoms with Gasteiger partial charge >= 0.3 is 5.69 Å². The van der Waals surface area contributed by atoms with E-state index in [1.165, 1.54) is 18.5 Å². The summed E-state index contributed by atoms with van der Waals surface area (Å²) in [5.74, 6) is 0.571. The van der Waals surface area contributed by atoms with Gasteiger partial charge in [0.25, 0.3) is 5.56 Å². The Hall–Kier alpha value is -2.63. The fraction of sp³-hybridized carbons (Fsp3) is 0.400. The summed E-state index contributed by atoms with van der Waals surface area (Å²) in [7, 11) is 3.11. The molecule has 1 aromatic carbocycles. The fourth-order valence-corrected chi connectivity index (χ4v) is 4.53. The van der Waals surface area contributed by atoms with Crippen molar-refractivity contribution in [3.63, 3.8) is 0 Å². The third-order valence-electron chi connectivity index (χ3n) is 5.49. The van der Waals surface area contributed by atoms with Crippen molar-refractivity contribution in [2.24, 2.45) is 14.1 Å². The summed E-state index contributed by atoms with van der Waals surface area (Å²) in [5, 5.41) is 2.95. The summed E-state index contributed by atoms with van der Waals surface area (Å²) in [4.78, 5) is 43.7. The molecule has 0 bridgehead atoms. The third-order valence-corrected chi connectivity index (χ3v) is 6.54. The minimum absolute atomic E-state index is 0.0271. The van der Waals surface area contributed by atoms with Crippen LogP contribution in [0.15, 0.2) is 33.9 Å². The topological polar surface area (TPSA) is 94.2 Å². The highest BCUT2D eigenvalue weighted by atomic mass is 127. The number of carbonyl (C=O) groups excluding carboxylic acids is 1. The molecule has 30 heavy (non-hydrogen) atoms. The molecular weight excluding hydrogens is 499 g/mol. The van der Waals surface area contributed by atoms with Crippen molar-refractivity contribution in [3.05, 3.63) is 54.2 Å². The third kappa shape index (κ3) is 3.53. The van der Waals surface area contributed by atoms with Crippen LogP contribution in [0.2, 0.25) is 0 Å². The first-order valence-electron chi connectivity index (χ1n) is 9.69. The van der Waals surface area contributed by atoms with E-state index in [1.54, 1.807) is 7.05 Å². The molecule has 1 aliphatic heterocycles. The van der Waals surface area contributed by atoms with E-state index in [1.807, 2.05) is 28.8 Å². The number of anilines is 1. The molecular formula is C20H23IN6O3. The Bertz CT molecular complexity index is 1260. The van der Waals surface area contributed by atoms with Gasteiger partial charge < -0.3 is 10.2 Å². The highest BCUT2D eigenvalue weighted by Gasteiger charge is 2.29. The Morgan fingerprint density at radius 2 is 1.97 bits per heavy atom. The highest BCUT2D eigenvalue weighted by Crippen LogP contribution is 2.26. The largest absolute Gasteiger partial charge is 0.352 e. The molecule has 1 N–H and O–H groups in total. The summed E-state index contributed by atoms with van der Waals surface area (Å²) < 4.78 is 5.51. The standard InChI is InChI=1S/C20H23IN6O3/c1-12(28)22-14-8-9-26(11-14)19-23-17-16(18(29)25(3)20(30)24(17)2)27(19)10-13-6-4-5-7-15(13)21/h4-7,14H,8-11H2,1-3H3,(H,22,28). The molecule has 1 fully saturated rings. The van der Waals surface area contributed by atoms with Gasteiger partial charge in [0.2, 0.25) is 11.9 Å². The number of hydrogen-bond acceptors (Lipinski definition) is 5. The highest BCUT2D eigenvalue weighted by molar-refractivity contribution is 14.1. The van der Waals surface area contributed by atoms with Crippen LogP contribution < -0.4 is 21.5 Å². The monoisotopic (exact) mass is 522 g/mol. The van der Waals surface area contributed by atoms with Crippen LogP contribution in [-0.4, -0.2) is 43.7 Å². The van der Waals surface area contributed by atoms with Crippen molar-refractivity contribution in [2.75, 3.05) is 18.0 Å². The number of benzene rings is 1. The van der Waals surface area contributed by atoms with Gasteiger partial charge in [-0.25, -0.2) is 4.79 Å². The van der Waals surface area contributed by atoms with Gasteiger partial charge in [-0.05, 0) is 40.6 Å². The van der Waals surface area contributed by atoms with Crippen LogP contribution >= 0.6 is 22.6 Å². The number of aromatic nitrogens is 4. The van der Waals surface area contributed by atoms with Crippen molar-refractivity contribution in [1.82, 2.24) is 24.0 Å². The molecule has 9 nitrogen and oxygen atoms in total. The molecule has 1 amide bonds. The molecule has 158 valence electrons. The maximum atomic E-state index is 13.0. The number of nitrogens with zero attached hydrogens (tertiary/aromatic N) is 5. The van der Waals surface area contributed by atoms with Crippen LogP contribution in [0.5, 0.6) is 0 Å². The maximum Gasteiger partial charge on any atom is 0.332 e. The van der Waals surface area contributed by atoms with E-state index in [0.717, 1.165) is 20.1 Å². The van der Waals surface area contributed by atoms with Crippen LogP contribution in [0.1, 0.15) is 18.9 Å². The van der Waals surface area contributed by atoms with Gasteiger partial charge in [0.05, 0.1) is 6.54 Å². The van der Waals surface area contributed by atoms with Gasteiger partial charge in [-0.15, -0.1) is 0 Å². The van der Waals surface area contributed by atoms with Crippen LogP contribution in [-0.2, 0) is 25.4 Å². The lowest BCUT2D eigenvalue weighted by molar-refractivity contribution is -0.119. The molecule has 1 unspecified atom stereocenters. The van der Waals surface area contributed by atoms with Gasteiger partial charge in [0.15, 0.2) is 11.2 Å². The Morgan fingerprint density at radius 1 is 1.23 bits per heavy atom. The molecule has 1 aliphatic rings. The molecule has 10 heteroatoms. The zero-order chi connectivity index (χ0) is 21.6. The number of nitrogens with one attached hydrogen (secondary N) is 1. The fourth-order valence-electron chi connectivity index (χ4n) is 3.97. The van der Waals surface area contributed by atoms with Crippen molar-refractivity contribution >= 4 is 45.6 Å². The number of amides is 1. The summed E-state index contributed by atoms with van der Waals surface area (Å²) in [6.45, 7) is 3.27. The molecule has 1 atom stereocenters. The molecule has 0 spiro atoms. The number of fused-ring (bicyclic) bond motifs is 1. The predicted octanol–water partition coefficient (Wildman–Crippen LogP) is 0.801. The molecule has 0 aliphatic carbocycles. The number of rotatable bonds is 4. The Morgan fingerprint density at radius 3 is 2.67 bits per heavy atom. The number of halogens is 1. The Kier molecular flexibility index (Phi) is 5.43. The SMILES string of the molecule is CC(=O)NC1CCN(c2nc3c(c(=O)n(C)c(=O)n3C)n2Cc2ccccc2I)C1. The van der Waals surface area contributed by atoms with Gasteiger partial charge in [0.1, 0.15) is 0 Å².